The number of ether oxygens (including phenoxy) is 1. The van der Waals surface area contributed by atoms with E-state index < -0.39 is 0 Å². The van der Waals surface area contributed by atoms with Gasteiger partial charge in [-0.2, -0.15) is 0 Å². The topological polar surface area (TPSA) is 46.5 Å². The van der Waals surface area contributed by atoms with Gasteiger partial charge < -0.3 is 9.84 Å². The maximum Gasteiger partial charge on any atom is 0.160 e. The van der Waals surface area contributed by atoms with Gasteiger partial charge in [0.1, 0.15) is 5.78 Å². The van der Waals surface area contributed by atoms with Gasteiger partial charge in [0, 0.05) is 4.47 Å². The van der Waals surface area contributed by atoms with Crippen LogP contribution in [0.25, 0.3) is 0 Å². The minimum atomic E-state index is -0.361. The van der Waals surface area contributed by atoms with Crippen LogP contribution in [0.3, 0.4) is 0 Å². The number of aromatic hydroxyl groups is 1. The van der Waals surface area contributed by atoms with Crippen LogP contribution in [0.4, 0.5) is 0 Å². The maximum atomic E-state index is 11.6. The first kappa shape index (κ1) is 11.5. The summed E-state index contributed by atoms with van der Waals surface area (Å²) in [6.07, 6.45) is 1.74. The number of methoxy groups -OCH3 is 1. The minimum Gasteiger partial charge on any atom is -0.504 e. The molecule has 4 heteroatoms. The summed E-state index contributed by atoms with van der Waals surface area (Å²) in [5.41, 5.74) is 0.550. The Morgan fingerprint density at radius 2 is 2.12 bits per heavy atom. The van der Waals surface area contributed by atoms with E-state index in [4.69, 9.17) is 4.74 Å². The predicted octanol–water partition coefficient (Wildman–Crippen LogP) is 2.78. The average molecular weight is 285 g/mol. The molecular formula is C12H13BrO3. The molecule has 0 bridgehead atoms. The van der Waals surface area contributed by atoms with E-state index in [1.165, 1.54) is 7.11 Å². The molecule has 2 rings (SSSR count). The Balaban J connectivity index is 2.53. The third kappa shape index (κ3) is 1.61. The Morgan fingerprint density at radius 3 is 2.56 bits per heavy atom. The van der Waals surface area contributed by atoms with Gasteiger partial charge in [0.25, 0.3) is 0 Å². The number of hydrogen-bond donors (Lipinski definition) is 1. The van der Waals surface area contributed by atoms with Crippen LogP contribution in [0, 0.1) is 0 Å². The second-order valence-corrected chi connectivity index (χ2v) is 5.00. The quantitative estimate of drug-likeness (QED) is 0.928. The van der Waals surface area contributed by atoms with Gasteiger partial charge in [-0.1, -0.05) is 15.9 Å². The zero-order valence-corrected chi connectivity index (χ0v) is 10.8. The number of carbonyl (C=O) groups excluding carboxylic acids is 1. The Bertz CT molecular complexity index is 450. The molecule has 0 radical (unpaired) electrons. The predicted molar refractivity (Wildman–Crippen MR) is 64.0 cm³/mol. The molecule has 3 nitrogen and oxygen atoms in total. The number of ketones is 1. The number of rotatable bonds is 3. The molecule has 0 saturated heterocycles. The van der Waals surface area contributed by atoms with Crippen molar-refractivity contribution >= 4 is 21.7 Å². The largest absolute Gasteiger partial charge is 0.504 e. The SMILES string of the molecule is COc1cc(C2(C(C)=O)CC2)c(Br)cc1O. The lowest BCUT2D eigenvalue weighted by atomic mass is 9.92. The van der Waals surface area contributed by atoms with E-state index in [1.54, 1.807) is 19.1 Å². The van der Waals surface area contributed by atoms with Crippen LogP contribution in [0.1, 0.15) is 25.3 Å². The van der Waals surface area contributed by atoms with Crippen molar-refractivity contribution in [3.8, 4) is 11.5 Å². The third-order valence-corrected chi connectivity index (χ3v) is 3.86. The first-order valence-electron chi connectivity index (χ1n) is 5.09. The van der Waals surface area contributed by atoms with Crippen LogP contribution in [0.5, 0.6) is 11.5 Å². The third-order valence-electron chi connectivity index (χ3n) is 3.21. The Kier molecular flexibility index (Phi) is 2.70. The highest BCUT2D eigenvalue weighted by Gasteiger charge is 2.50. The number of phenolic OH excluding ortho intramolecular Hbond substituents is 1. The zero-order valence-electron chi connectivity index (χ0n) is 9.21. The Labute approximate surface area is 103 Å². The molecule has 1 saturated carbocycles. The average Bonchev–Trinajstić information content (AvgIpc) is 2.99. The molecule has 86 valence electrons. The summed E-state index contributed by atoms with van der Waals surface area (Å²) in [5, 5.41) is 9.60. The van der Waals surface area contributed by atoms with E-state index in [2.05, 4.69) is 15.9 Å². The second-order valence-electron chi connectivity index (χ2n) is 4.14. The molecular weight excluding hydrogens is 272 g/mol. The Hall–Kier alpha value is -1.03. The molecule has 1 aromatic rings. The fraction of sp³-hybridized carbons (Fsp3) is 0.417. The lowest BCUT2D eigenvalue weighted by molar-refractivity contribution is -0.119. The summed E-state index contributed by atoms with van der Waals surface area (Å²) >= 11 is 3.39. The summed E-state index contributed by atoms with van der Waals surface area (Å²) in [7, 11) is 1.50. The van der Waals surface area contributed by atoms with Gasteiger partial charge in [-0.3, -0.25) is 4.79 Å². The highest BCUT2D eigenvalue weighted by molar-refractivity contribution is 9.10. The summed E-state index contributed by atoms with van der Waals surface area (Å²) < 4.78 is 5.82. The van der Waals surface area contributed by atoms with Crippen molar-refractivity contribution in [3.63, 3.8) is 0 Å². The van der Waals surface area contributed by atoms with Gasteiger partial charge in [-0.15, -0.1) is 0 Å². The fourth-order valence-corrected chi connectivity index (χ4v) is 2.72. The summed E-state index contributed by atoms with van der Waals surface area (Å²) in [6.45, 7) is 1.61. The van der Waals surface area contributed by atoms with Gasteiger partial charge >= 0.3 is 0 Å². The van der Waals surface area contributed by atoms with E-state index in [9.17, 15) is 9.90 Å². The standard InChI is InChI=1S/C12H13BrO3/c1-7(14)12(3-4-12)8-5-11(16-2)10(15)6-9(8)13/h5-6,15H,3-4H2,1-2H3. The molecule has 1 aliphatic rings. The van der Waals surface area contributed by atoms with E-state index in [-0.39, 0.29) is 16.9 Å². The minimum absolute atomic E-state index is 0.0810. The van der Waals surface area contributed by atoms with Crippen LogP contribution in [0.2, 0.25) is 0 Å². The molecule has 16 heavy (non-hydrogen) atoms. The van der Waals surface area contributed by atoms with Crippen molar-refractivity contribution in [2.24, 2.45) is 0 Å². The summed E-state index contributed by atoms with van der Waals surface area (Å²) in [6, 6.07) is 3.32. The lowest BCUT2D eigenvalue weighted by Gasteiger charge is -2.16. The van der Waals surface area contributed by atoms with Crippen LogP contribution in [0.15, 0.2) is 16.6 Å². The van der Waals surface area contributed by atoms with Gasteiger partial charge in [-0.05, 0) is 37.5 Å². The van der Waals surface area contributed by atoms with E-state index in [0.717, 1.165) is 22.9 Å². The number of phenols is 1. The van der Waals surface area contributed by atoms with Crippen molar-refractivity contribution in [1.82, 2.24) is 0 Å². The molecule has 0 spiro atoms. The molecule has 0 amide bonds. The molecule has 1 fully saturated rings. The molecule has 1 aromatic carbocycles. The molecule has 0 unspecified atom stereocenters. The first-order valence-corrected chi connectivity index (χ1v) is 5.88. The van der Waals surface area contributed by atoms with Gasteiger partial charge in [0.2, 0.25) is 0 Å². The number of carbonyl (C=O) groups is 1. The smallest absolute Gasteiger partial charge is 0.160 e. The van der Waals surface area contributed by atoms with E-state index in [1.807, 2.05) is 0 Å². The number of benzene rings is 1. The maximum absolute atomic E-state index is 11.6. The monoisotopic (exact) mass is 284 g/mol. The van der Waals surface area contributed by atoms with Gasteiger partial charge in [0.05, 0.1) is 12.5 Å². The van der Waals surface area contributed by atoms with Crippen molar-refractivity contribution < 1.29 is 14.6 Å². The molecule has 0 heterocycles. The summed E-state index contributed by atoms with van der Waals surface area (Å²) in [4.78, 5) is 11.6. The van der Waals surface area contributed by atoms with Crippen LogP contribution >= 0.6 is 15.9 Å². The van der Waals surface area contributed by atoms with Crippen molar-refractivity contribution in [2.75, 3.05) is 7.11 Å². The van der Waals surface area contributed by atoms with Crippen molar-refractivity contribution in [1.29, 1.82) is 0 Å². The molecule has 0 aliphatic heterocycles. The van der Waals surface area contributed by atoms with E-state index in [0.29, 0.717) is 5.75 Å². The van der Waals surface area contributed by atoms with Crippen LogP contribution in [-0.4, -0.2) is 18.0 Å². The van der Waals surface area contributed by atoms with Crippen LogP contribution < -0.4 is 4.74 Å². The zero-order chi connectivity index (χ0) is 11.9. The van der Waals surface area contributed by atoms with Gasteiger partial charge in [-0.25, -0.2) is 0 Å². The lowest BCUT2D eigenvalue weighted by Crippen LogP contribution is -2.17. The number of Topliss-reactive ketones (excluding diaryl/α,β-unsaturated/α-hetero) is 1. The number of halogens is 1. The molecule has 0 aromatic heterocycles. The number of hydrogen-bond acceptors (Lipinski definition) is 3. The molecule has 0 atom stereocenters. The van der Waals surface area contributed by atoms with E-state index >= 15 is 0 Å². The molecule has 1 N–H and O–H groups in total. The van der Waals surface area contributed by atoms with Crippen molar-refractivity contribution in [2.45, 2.75) is 25.2 Å². The van der Waals surface area contributed by atoms with Gasteiger partial charge in [0.15, 0.2) is 11.5 Å². The van der Waals surface area contributed by atoms with Crippen molar-refractivity contribution in [3.05, 3.63) is 22.2 Å². The fourth-order valence-electron chi connectivity index (χ4n) is 2.01. The Morgan fingerprint density at radius 1 is 1.50 bits per heavy atom. The highest BCUT2D eigenvalue weighted by Crippen LogP contribution is 2.53. The normalized spacial score (nSPS) is 16.9. The first-order chi connectivity index (χ1) is 7.51. The molecule has 1 aliphatic carbocycles. The van der Waals surface area contributed by atoms with Crippen LogP contribution in [-0.2, 0) is 10.2 Å². The summed E-state index contributed by atoms with van der Waals surface area (Å²) in [5.74, 6) is 0.657. The second kappa shape index (κ2) is 3.77. The highest BCUT2D eigenvalue weighted by atomic mass is 79.9.